The van der Waals surface area contributed by atoms with Crippen molar-refractivity contribution in [3.63, 3.8) is 0 Å². The molecular formula is C12H23N3O2. The third-order valence-corrected chi connectivity index (χ3v) is 4.29. The summed E-state index contributed by atoms with van der Waals surface area (Å²) in [5, 5.41) is 15.1. The van der Waals surface area contributed by atoms with E-state index in [4.69, 9.17) is 15.7 Å². The molecule has 0 spiro atoms. The highest BCUT2D eigenvalue weighted by Gasteiger charge is 2.44. The van der Waals surface area contributed by atoms with Gasteiger partial charge in [0.15, 0.2) is 0 Å². The molecule has 2 saturated carbocycles. The van der Waals surface area contributed by atoms with Gasteiger partial charge in [0.2, 0.25) is 0 Å². The zero-order valence-electron chi connectivity index (χ0n) is 10.5. The van der Waals surface area contributed by atoms with Crippen LogP contribution in [0.25, 0.3) is 0 Å². The van der Waals surface area contributed by atoms with Gasteiger partial charge in [0.1, 0.15) is 5.84 Å². The lowest BCUT2D eigenvalue weighted by atomic mass is 9.80. The van der Waals surface area contributed by atoms with E-state index in [1.165, 1.54) is 6.42 Å². The number of nitrogens with zero attached hydrogens (tertiary/aromatic N) is 1. The Labute approximate surface area is 102 Å². The Hall–Kier alpha value is -0.810. The van der Waals surface area contributed by atoms with Gasteiger partial charge in [-0.25, -0.2) is 0 Å². The zero-order valence-corrected chi connectivity index (χ0v) is 10.5. The summed E-state index contributed by atoms with van der Waals surface area (Å²) in [6.45, 7) is 1.86. The van der Waals surface area contributed by atoms with Gasteiger partial charge in [0, 0.05) is 26.6 Å². The van der Waals surface area contributed by atoms with Gasteiger partial charge >= 0.3 is 0 Å². The van der Waals surface area contributed by atoms with Crippen LogP contribution in [0.2, 0.25) is 0 Å². The quantitative estimate of drug-likeness (QED) is 0.269. The van der Waals surface area contributed by atoms with Crippen molar-refractivity contribution >= 4 is 5.84 Å². The molecule has 0 unspecified atom stereocenters. The molecule has 0 aromatic rings. The average Bonchev–Trinajstić information content (AvgIpc) is 3.02. The summed E-state index contributed by atoms with van der Waals surface area (Å²) in [6.07, 6.45) is 6.60. The van der Waals surface area contributed by atoms with Gasteiger partial charge in [-0.2, -0.15) is 0 Å². The maximum atomic E-state index is 8.59. The average molecular weight is 241 g/mol. The molecule has 98 valence electrons. The minimum absolute atomic E-state index is 0.0761. The van der Waals surface area contributed by atoms with E-state index in [-0.39, 0.29) is 11.0 Å². The SMILES string of the molecule is COC1(CNCC2(CC(N)=NO)CC2)CCC1. The number of rotatable bonds is 7. The van der Waals surface area contributed by atoms with Crippen LogP contribution in [0.3, 0.4) is 0 Å². The standard InChI is InChI=1S/C12H23N3O2/c1-17-12(3-2-4-12)9-14-8-11(5-6-11)7-10(13)15-16/h14,16H,2-9H2,1H3,(H2,13,15). The second-order valence-electron chi connectivity index (χ2n) is 5.61. The molecule has 0 aromatic heterocycles. The number of amidine groups is 1. The largest absolute Gasteiger partial charge is 0.409 e. The van der Waals surface area contributed by atoms with Crippen LogP contribution in [-0.4, -0.2) is 36.8 Å². The van der Waals surface area contributed by atoms with Crippen molar-refractivity contribution in [2.24, 2.45) is 16.3 Å². The monoisotopic (exact) mass is 241 g/mol. The van der Waals surface area contributed by atoms with E-state index in [2.05, 4.69) is 10.5 Å². The highest BCUT2D eigenvalue weighted by Crippen LogP contribution is 2.48. The number of nitrogens with two attached hydrogens (primary N) is 1. The molecule has 17 heavy (non-hydrogen) atoms. The molecule has 0 bridgehead atoms. The number of hydrogen-bond donors (Lipinski definition) is 3. The first-order valence-corrected chi connectivity index (χ1v) is 6.36. The normalized spacial score (nSPS) is 25.4. The van der Waals surface area contributed by atoms with Crippen LogP contribution in [0.1, 0.15) is 38.5 Å². The van der Waals surface area contributed by atoms with Gasteiger partial charge in [-0.1, -0.05) is 5.16 Å². The smallest absolute Gasteiger partial charge is 0.139 e. The number of methoxy groups -OCH3 is 1. The van der Waals surface area contributed by atoms with Crippen molar-refractivity contribution < 1.29 is 9.94 Å². The second-order valence-corrected chi connectivity index (χ2v) is 5.61. The molecule has 2 aliphatic carbocycles. The lowest BCUT2D eigenvalue weighted by molar-refractivity contribution is -0.0697. The molecule has 4 N–H and O–H groups in total. The van der Waals surface area contributed by atoms with Gasteiger partial charge in [-0.15, -0.1) is 0 Å². The van der Waals surface area contributed by atoms with Crippen molar-refractivity contribution in [1.29, 1.82) is 0 Å². The van der Waals surface area contributed by atoms with Crippen molar-refractivity contribution in [1.82, 2.24) is 5.32 Å². The van der Waals surface area contributed by atoms with Crippen LogP contribution >= 0.6 is 0 Å². The Morgan fingerprint density at radius 2 is 2.06 bits per heavy atom. The van der Waals surface area contributed by atoms with Crippen molar-refractivity contribution in [3.8, 4) is 0 Å². The van der Waals surface area contributed by atoms with E-state index >= 15 is 0 Å². The zero-order chi connectivity index (χ0) is 12.4. The maximum Gasteiger partial charge on any atom is 0.139 e. The first kappa shape index (κ1) is 12.6. The lowest BCUT2D eigenvalue weighted by Gasteiger charge is -2.41. The molecule has 2 rings (SSSR count). The molecule has 0 aromatic carbocycles. The Balaban J connectivity index is 1.71. The van der Waals surface area contributed by atoms with Crippen LogP contribution in [0.4, 0.5) is 0 Å². The number of ether oxygens (including phenoxy) is 1. The number of nitrogens with one attached hydrogen (secondary N) is 1. The van der Waals surface area contributed by atoms with Crippen LogP contribution in [0.15, 0.2) is 5.16 Å². The molecule has 0 saturated heterocycles. The highest BCUT2D eigenvalue weighted by atomic mass is 16.5. The topological polar surface area (TPSA) is 79.9 Å². The fraction of sp³-hybridized carbons (Fsp3) is 0.917. The fourth-order valence-corrected chi connectivity index (χ4v) is 2.59. The Morgan fingerprint density at radius 1 is 1.35 bits per heavy atom. The predicted octanol–water partition coefficient (Wildman–Crippen LogP) is 1.06. The first-order chi connectivity index (χ1) is 8.14. The molecule has 0 heterocycles. The summed E-state index contributed by atoms with van der Waals surface area (Å²) in [7, 11) is 1.80. The maximum absolute atomic E-state index is 8.59. The number of oxime groups is 1. The summed E-state index contributed by atoms with van der Waals surface area (Å²) in [5.41, 5.74) is 5.87. The third kappa shape index (κ3) is 2.90. The minimum Gasteiger partial charge on any atom is -0.409 e. The first-order valence-electron chi connectivity index (χ1n) is 6.36. The Morgan fingerprint density at radius 3 is 2.47 bits per heavy atom. The lowest BCUT2D eigenvalue weighted by Crippen LogP contribution is -2.49. The molecule has 0 radical (unpaired) electrons. The number of hydrogen-bond acceptors (Lipinski definition) is 4. The Bertz CT molecular complexity index is 291. The molecule has 0 atom stereocenters. The molecule has 0 amide bonds. The molecule has 5 heteroatoms. The molecule has 5 nitrogen and oxygen atoms in total. The summed E-state index contributed by atoms with van der Waals surface area (Å²) < 4.78 is 5.56. The molecular weight excluding hydrogens is 218 g/mol. The van der Waals surface area contributed by atoms with Gasteiger partial charge in [0.25, 0.3) is 0 Å². The van der Waals surface area contributed by atoms with Crippen LogP contribution in [0, 0.1) is 5.41 Å². The third-order valence-electron chi connectivity index (χ3n) is 4.29. The van der Waals surface area contributed by atoms with Gasteiger partial charge in [-0.05, 0) is 37.5 Å². The Kier molecular flexibility index (Phi) is 3.58. The van der Waals surface area contributed by atoms with Crippen LogP contribution < -0.4 is 11.1 Å². The van der Waals surface area contributed by atoms with Gasteiger partial charge in [-0.3, -0.25) is 0 Å². The molecule has 2 fully saturated rings. The highest BCUT2D eigenvalue weighted by molar-refractivity contribution is 5.80. The van der Waals surface area contributed by atoms with Crippen molar-refractivity contribution in [2.75, 3.05) is 20.2 Å². The van der Waals surface area contributed by atoms with Gasteiger partial charge in [0.05, 0.1) is 5.60 Å². The van der Waals surface area contributed by atoms with E-state index in [1.54, 1.807) is 7.11 Å². The van der Waals surface area contributed by atoms with Crippen molar-refractivity contribution in [3.05, 3.63) is 0 Å². The van der Waals surface area contributed by atoms with Gasteiger partial charge < -0.3 is 21.0 Å². The molecule has 2 aliphatic rings. The van der Waals surface area contributed by atoms with Crippen molar-refractivity contribution in [2.45, 2.75) is 44.1 Å². The minimum atomic E-state index is 0.0761. The summed E-state index contributed by atoms with van der Waals surface area (Å²) in [4.78, 5) is 0. The summed E-state index contributed by atoms with van der Waals surface area (Å²) in [5.74, 6) is 0.342. The van der Waals surface area contributed by atoms with E-state index in [0.29, 0.717) is 12.3 Å². The van der Waals surface area contributed by atoms with E-state index in [9.17, 15) is 0 Å². The molecule has 0 aliphatic heterocycles. The van der Waals surface area contributed by atoms with E-state index < -0.39 is 0 Å². The summed E-state index contributed by atoms with van der Waals surface area (Å²) in [6, 6.07) is 0. The fourth-order valence-electron chi connectivity index (χ4n) is 2.59. The second kappa shape index (κ2) is 4.82. The van der Waals surface area contributed by atoms with E-state index in [1.807, 2.05) is 0 Å². The predicted molar refractivity (Wildman–Crippen MR) is 66.2 cm³/mol. The van der Waals surface area contributed by atoms with Crippen LogP contribution in [-0.2, 0) is 4.74 Å². The van der Waals surface area contributed by atoms with E-state index in [0.717, 1.165) is 38.8 Å². The summed E-state index contributed by atoms with van der Waals surface area (Å²) >= 11 is 0. The van der Waals surface area contributed by atoms with Crippen LogP contribution in [0.5, 0.6) is 0 Å².